The topological polar surface area (TPSA) is 66.5 Å². The molecule has 1 heterocycles. The molecule has 0 unspecified atom stereocenters. The molecule has 0 atom stereocenters. The molecule has 0 bridgehead atoms. The number of carbonyl (C=O) groups excluding carboxylic acids is 1. The molecular formula is C19H19Cl2FN2O3S. The van der Waals surface area contributed by atoms with Gasteiger partial charge in [0.15, 0.2) is 0 Å². The van der Waals surface area contributed by atoms with Crippen molar-refractivity contribution < 1.29 is 17.6 Å². The van der Waals surface area contributed by atoms with Gasteiger partial charge in [-0.2, -0.15) is 4.31 Å². The van der Waals surface area contributed by atoms with Crippen LogP contribution in [0, 0.1) is 18.7 Å². The minimum Gasteiger partial charge on any atom is -0.323 e. The molecular weight excluding hydrogens is 426 g/mol. The van der Waals surface area contributed by atoms with Crippen molar-refractivity contribution in [1.82, 2.24) is 4.31 Å². The third-order valence-corrected chi connectivity index (χ3v) is 7.33. The van der Waals surface area contributed by atoms with Crippen molar-refractivity contribution >= 4 is 44.8 Å². The number of amides is 1. The first-order valence-electron chi connectivity index (χ1n) is 8.70. The van der Waals surface area contributed by atoms with Crippen LogP contribution in [0.15, 0.2) is 41.3 Å². The van der Waals surface area contributed by atoms with Crippen LogP contribution in [0.25, 0.3) is 0 Å². The predicted octanol–water partition coefficient (Wildman–Crippen LogP) is 4.48. The van der Waals surface area contributed by atoms with Crippen molar-refractivity contribution in [2.75, 3.05) is 18.4 Å². The number of carbonyl (C=O) groups is 1. The number of sulfonamides is 1. The zero-order valence-electron chi connectivity index (χ0n) is 15.1. The molecule has 9 heteroatoms. The third-order valence-electron chi connectivity index (χ3n) is 4.72. The van der Waals surface area contributed by atoms with E-state index < -0.39 is 21.8 Å². The second-order valence-corrected chi connectivity index (χ2v) is 9.48. The summed E-state index contributed by atoms with van der Waals surface area (Å²) in [5, 5.41) is 2.96. The van der Waals surface area contributed by atoms with Crippen LogP contribution in [0.3, 0.4) is 0 Å². The summed E-state index contributed by atoms with van der Waals surface area (Å²) in [5.74, 6) is -1.22. The van der Waals surface area contributed by atoms with E-state index in [0.29, 0.717) is 12.8 Å². The Morgan fingerprint density at radius 1 is 1.14 bits per heavy atom. The molecule has 1 amide bonds. The van der Waals surface area contributed by atoms with Crippen molar-refractivity contribution in [3.05, 3.63) is 57.8 Å². The summed E-state index contributed by atoms with van der Waals surface area (Å²) in [7, 11) is -3.81. The van der Waals surface area contributed by atoms with Crippen LogP contribution in [-0.2, 0) is 14.8 Å². The fraction of sp³-hybridized carbons (Fsp3) is 0.316. The fourth-order valence-electron chi connectivity index (χ4n) is 3.13. The van der Waals surface area contributed by atoms with Gasteiger partial charge in [0.1, 0.15) is 10.7 Å². The normalized spacial score (nSPS) is 16.1. The van der Waals surface area contributed by atoms with Gasteiger partial charge >= 0.3 is 0 Å². The van der Waals surface area contributed by atoms with Crippen LogP contribution in [0.2, 0.25) is 10.0 Å². The maximum Gasteiger partial charge on any atom is 0.244 e. The monoisotopic (exact) mass is 444 g/mol. The highest BCUT2D eigenvalue weighted by Crippen LogP contribution is 2.30. The Morgan fingerprint density at radius 3 is 2.46 bits per heavy atom. The van der Waals surface area contributed by atoms with Crippen molar-refractivity contribution in [3.8, 4) is 0 Å². The minimum atomic E-state index is -3.81. The Hall–Kier alpha value is -1.67. The van der Waals surface area contributed by atoms with E-state index >= 15 is 0 Å². The molecule has 1 aliphatic heterocycles. The second-order valence-electron chi connectivity index (χ2n) is 6.73. The van der Waals surface area contributed by atoms with E-state index in [2.05, 4.69) is 5.32 Å². The zero-order chi connectivity index (χ0) is 20.5. The Labute approximate surface area is 173 Å². The van der Waals surface area contributed by atoms with Crippen LogP contribution in [0.4, 0.5) is 10.1 Å². The molecule has 150 valence electrons. The Morgan fingerprint density at radius 2 is 1.82 bits per heavy atom. The Kier molecular flexibility index (Phi) is 6.29. The van der Waals surface area contributed by atoms with Gasteiger partial charge in [0.25, 0.3) is 0 Å². The maximum absolute atomic E-state index is 13.9. The zero-order valence-corrected chi connectivity index (χ0v) is 17.4. The van der Waals surface area contributed by atoms with Crippen molar-refractivity contribution in [3.63, 3.8) is 0 Å². The first kappa shape index (κ1) is 21.0. The molecule has 2 aromatic rings. The Bertz CT molecular complexity index is 1010. The number of benzene rings is 2. The van der Waals surface area contributed by atoms with Gasteiger partial charge in [-0.15, -0.1) is 0 Å². The van der Waals surface area contributed by atoms with E-state index in [1.165, 1.54) is 34.6 Å². The lowest BCUT2D eigenvalue weighted by atomic mass is 9.97. The van der Waals surface area contributed by atoms with Gasteiger partial charge in [0, 0.05) is 24.0 Å². The summed E-state index contributed by atoms with van der Waals surface area (Å²) in [6.45, 7) is 2.09. The summed E-state index contributed by atoms with van der Waals surface area (Å²) in [5.41, 5.74) is 0.880. The summed E-state index contributed by atoms with van der Waals surface area (Å²) in [6, 6.07) is 8.85. The quantitative estimate of drug-likeness (QED) is 0.755. The molecule has 0 aromatic heterocycles. The van der Waals surface area contributed by atoms with E-state index in [0.717, 1.165) is 5.56 Å². The molecule has 0 saturated carbocycles. The van der Waals surface area contributed by atoms with Crippen LogP contribution in [0.1, 0.15) is 18.4 Å². The number of nitrogens with one attached hydrogen (secondary N) is 1. The fourth-order valence-corrected chi connectivity index (χ4v) is 5.34. The van der Waals surface area contributed by atoms with Crippen LogP contribution in [0.5, 0.6) is 0 Å². The van der Waals surface area contributed by atoms with E-state index in [-0.39, 0.29) is 39.6 Å². The minimum absolute atomic E-state index is 0.0497. The van der Waals surface area contributed by atoms with Gasteiger partial charge in [0.2, 0.25) is 15.9 Å². The molecule has 28 heavy (non-hydrogen) atoms. The molecule has 2 aromatic carbocycles. The number of anilines is 1. The van der Waals surface area contributed by atoms with E-state index in [9.17, 15) is 17.6 Å². The molecule has 1 fully saturated rings. The number of hydrogen-bond donors (Lipinski definition) is 1. The highest BCUT2D eigenvalue weighted by atomic mass is 35.5. The summed E-state index contributed by atoms with van der Waals surface area (Å²) >= 11 is 11.9. The van der Waals surface area contributed by atoms with Gasteiger partial charge < -0.3 is 5.32 Å². The molecule has 5 nitrogen and oxygen atoms in total. The van der Waals surface area contributed by atoms with Crippen molar-refractivity contribution in [2.45, 2.75) is 24.7 Å². The molecule has 1 saturated heterocycles. The Balaban J connectivity index is 1.66. The van der Waals surface area contributed by atoms with Gasteiger partial charge in [-0.25, -0.2) is 12.8 Å². The SMILES string of the molecule is Cc1ccc(NC(=O)C2CCN(S(=O)(=O)c3cc(Cl)ccc3Cl)CC2)c(F)c1. The first-order valence-corrected chi connectivity index (χ1v) is 10.9. The van der Waals surface area contributed by atoms with Gasteiger partial charge in [-0.05, 0) is 55.7 Å². The summed E-state index contributed by atoms with van der Waals surface area (Å²) in [6.07, 6.45) is 0.660. The van der Waals surface area contributed by atoms with Crippen LogP contribution in [-0.4, -0.2) is 31.7 Å². The molecule has 0 spiro atoms. The smallest absolute Gasteiger partial charge is 0.244 e. The average Bonchev–Trinajstić information content (AvgIpc) is 2.66. The van der Waals surface area contributed by atoms with Crippen LogP contribution < -0.4 is 5.32 Å². The first-order chi connectivity index (χ1) is 13.2. The lowest BCUT2D eigenvalue weighted by Gasteiger charge is -2.30. The van der Waals surface area contributed by atoms with Crippen LogP contribution >= 0.6 is 23.2 Å². The largest absolute Gasteiger partial charge is 0.323 e. The molecule has 0 radical (unpaired) electrons. The number of aryl methyl sites for hydroxylation is 1. The van der Waals surface area contributed by atoms with Gasteiger partial charge in [-0.1, -0.05) is 29.3 Å². The lowest BCUT2D eigenvalue weighted by Crippen LogP contribution is -2.41. The number of piperidine rings is 1. The number of rotatable bonds is 4. The van der Waals surface area contributed by atoms with Crippen molar-refractivity contribution in [2.24, 2.45) is 5.92 Å². The summed E-state index contributed by atoms with van der Waals surface area (Å²) < 4.78 is 40.9. The third kappa shape index (κ3) is 4.49. The second kappa shape index (κ2) is 8.37. The van der Waals surface area contributed by atoms with E-state index in [1.807, 2.05) is 0 Å². The maximum atomic E-state index is 13.9. The predicted molar refractivity (Wildman–Crippen MR) is 108 cm³/mol. The van der Waals surface area contributed by atoms with Crippen molar-refractivity contribution in [1.29, 1.82) is 0 Å². The highest BCUT2D eigenvalue weighted by Gasteiger charge is 2.33. The lowest BCUT2D eigenvalue weighted by molar-refractivity contribution is -0.120. The number of halogens is 3. The molecule has 0 aliphatic carbocycles. The number of nitrogens with zero attached hydrogens (tertiary/aromatic N) is 1. The standard InChI is InChI=1S/C19H19Cl2FN2O3S/c1-12-2-5-17(16(22)10-12)23-19(25)13-6-8-24(9-7-13)28(26,27)18-11-14(20)3-4-15(18)21/h2-5,10-11,13H,6-9H2,1H3,(H,23,25). The number of hydrogen-bond acceptors (Lipinski definition) is 3. The summed E-state index contributed by atoms with van der Waals surface area (Å²) in [4.78, 5) is 12.4. The molecule has 1 N–H and O–H groups in total. The molecule has 1 aliphatic rings. The van der Waals surface area contributed by atoms with E-state index in [4.69, 9.17) is 23.2 Å². The van der Waals surface area contributed by atoms with Gasteiger partial charge in [0.05, 0.1) is 10.7 Å². The van der Waals surface area contributed by atoms with E-state index in [1.54, 1.807) is 13.0 Å². The van der Waals surface area contributed by atoms with Gasteiger partial charge in [-0.3, -0.25) is 4.79 Å². The molecule has 3 rings (SSSR count). The highest BCUT2D eigenvalue weighted by molar-refractivity contribution is 7.89. The average molecular weight is 445 g/mol.